The summed E-state index contributed by atoms with van der Waals surface area (Å²) in [4.78, 5) is 4.96. The quantitative estimate of drug-likeness (QED) is 0.782. The Morgan fingerprint density at radius 1 is 1.06 bits per heavy atom. The molecule has 2 rings (SSSR count). The smallest absolute Gasteiger partial charge is 0.0407 e. The number of hydrogen-bond donors (Lipinski definition) is 0. The normalized spacial score (nSPS) is 18.5. The molecule has 0 amide bonds. The number of benzene rings is 1. The maximum Gasteiger partial charge on any atom is 0.0407 e. The summed E-state index contributed by atoms with van der Waals surface area (Å²) < 4.78 is 0. The van der Waals surface area contributed by atoms with Crippen molar-refractivity contribution in [2.75, 3.05) is 37.6 Å². The highest BCUT2D eigenvalue weighted by Crippen LogP contribution is 2.19. The molecule has 0 spiro atoms. The minimum atomic E-state index is 0.814. The van der Waals surface area contributed by atoms with Crippen LogP contribution in [0.4, 0.5) is 5.69 Å². The van der Waals surface area contributed by atoms with E-state index in [4.69, 9.17) is 11.6 Å². The molecule has 1 fully saturated rings. The van der Waals surface area contributed by atoms with Gasteiger partial charge in [0.1, 0.15) is 0 Å². The predicted octanol–water partition coefficient (Wildman–Crippen LogP) is 2.87. The van der Waals surface area contributed by atoms with Crippen molar-refractivity contribution in [1.82, 2.24) is 4.90 Å². The minimum Gasteiger partial charge on any atom is -0.370 e. The first kappa shape index (κ1) is 11.7. The Morgan fingerprint density at radius 2 is 1.81 bits per heavy atom. The maximum absolute atomic E-state index is 5.90. The van der Waals surface area contributed by atoms with Gasteiger partial charge >= 0.3 is 0 Å². The molecule has 0 unspecified atom stereocenters. The van der Waals surface area contributed by atoms with E-state index in [1.807, 2.05) is 12.1 Å². The molecule has 0 bridgehead atoms. The fourth-order valence-corrected chi connectivity index (χ4v) is 2.32. The van der Waals surface area contributed by atoms with Gasteiger partial charge in [0.15, 0.2) is 0 Å². The van der Waals surface area contributed by atoms with E-state index < -0.39 is 0 Å². The first-order chi connectivity index (χ1) is 7.79. The summed E-state index contributed by atoms with van der Waals surface area (Å²) in [5.41, 5.74) is 1.29. The Labute approximate surface area is 103 Å². The molecule has 1 aromatic rings. The first-order valence-corrected chi connectivity index (χ1v) is 6.40. The van der Waals surface area contributed by atoms with Crippen LogP contribution in [0.3, 0.4) is 0 Å². The van der Waals surface area contributed by atoms with Crippen LogP contribution >= 0.6 is 11.6 Å². The van der Waals surface area contributed by atoms with Gasteiger partial charge in [-0.05, 0) is 43.8 Å². The highest BCUT2D eigenvalue weighted by Gasteiger charge is 2.13. The number of halogens is 1. The third kappa shape index (κ3) is 2.89. The Kier molecular flexibility index (Phi) is 4.08. The molecule has 16 heavy (non-hydrogen) atoms. The molecule has 0 N–H and O–H groups in total. The van der Waals surface area contributed by atoms with Crippen LogP contribution in [-0.2, 0) is 0 Å². The fraction of sp³-hybridized carbons (Fsp3) is 0.538. The van der Waals surface area contributed by atoms with Gasteiger partial charge < -0.3 is 9.80 Å². The molecule has 1 aliphatic heterocycles. The summed E-state index contributed by atoms with van der Waals surface area (Å²) in [5.74, 6) is 0. The second kappa shape index (κ2) is 5.55. The van der Waals surface area contributed by atoms with Crippen LogP contribution in [0, 0.1) is 0 Å². The van der Waals surface area contributed by atoms with Gasteiger partial charge in [0, 0.05) is 30.3 Å². The van der Waals surface area contributed by atoms with Gasteiger partial charge in [-0.15, -0.1) is 0 Å². The van der Waals surface area contributed by atoms with Crippen LogP contribution in [0.5, 0.6) is 0 Å². The van der Waals surface area contributed by atoms with Crippen LogP contribution in [0.1, 0.15) is 13.3 Å². The molecule has 0 aromatic heterocycles. The number of rotatable bonds is 2. The lowest BCUT2D eigenvalue weighted by atomic mass is 10.2. The largest absolute Gasteiger partial charge is 0.370 e. The van der Waals surface area contributed by atoms with Crippen molar-refractivity contribution in [3.05, 3.63) is 29.3 Å². The third-order valence-electron chi connectivity index (χ3n) is 3.23. The highest BCUT2D eigenvalue weighted by molar-refractivity contribution is 6.30. The van der Waals surface area contributed by atoms with E-state index >= 15 is 0 Å². The number of anilines is 1. The van der Waals surface area contributed by atoms with Crippen molar-refractivity contribution in [2.45, 2.75) is 13.3 Å². The van der Waals surface area contributed by atoms with E-state index in [1.54, 1.807) is 0 Å². The van der Waals surface area contributed by atoms with Crippen molar-refractivity contribution >= 4 is 17.3 Å². The molecule has 88 valence electrons. The lowest BCUT2D eigenvalue weighted by molar-refractivity contribution is 0.310. The molecule has 1 aliphatic rings. The maximum atomic E-state index is 5.90. The van der Waals surface area contributed by atoms with Gasteiger partial charge in [-0.1, -0.05) is 18.5 Å². The van der Waals surface area contributed by atoms with Crippen LogP contribution in [0.15, 0.2) is 24.3 Å². The third-order valence-corrected chi connectivity index (χ3v) is 3.48. The van der Waals surface area contributed by atoms with Crippen LogP contribution in [-0.4, -0.2) is 37.6 Å². The second-order valence-electron chi connectivity index (χ2n) is 4.25. The lowest BCUT2D eigenvalue weighted by Gasteiger charge is -2.23. The van der Waals surface area contributed by atoms with E-state index in [0.717, 1.165) is 24.7 Å². The summed E-state index contributed by atoms with van der Waals surface area (Å²) in [6.45, 7) is 8.06. The SMILES string of the molecule is CCN1CCCN(c2ccc(Cl)cc2)CC1. The van der Waals surface area contributed by atoms with Crippen molar-refractivity contribution in [3.8, 4) is 0 Å². The van der Waals surface area contributed by atoms with Gasteiger partial charge in [0.25, 0.3) is 0 Å². The van der Waals surface area contributed by atoms with Crippen molar-refractivity contribution in [1.29, 1.82) is 0 Å². The van der Waals surface area contributed by atoms with Crippen LogP contribution in [0.2, 0.25) is 5.02 Å². The molecule has 0 aliphatic carbocycles. The standard InChI is InChI=1S/C13H19ClN2/c1-2-15-8-3-9-16(11-10-15)13-6-4-12(14)5-7-13/h4-7H,2-3,8-11H2,1H3. The molecule has 0 radical (unpaired) electrons. The number of hydrogen-bond acceptors (Lipinski definition) is 2. The van der Waals surface area contributed by atoms with Gasteiger partial charge in [0.2, 0.25) is 0 Å². The monoisotopic (exact) mass is 238 g/mol. The molecule has 2 nitrogen and oxygen atoms in total. The zero-order chi connectivity index (χ0) is 11.4. The molecule has 1 heterocycles. The van der Waals surface area contributed by atoms with Crippen LogP contribution < -0.4 is 4.90 Å². The molecular weight excluding hydrogens is 220 g/mol. The molecular formula is C13H19ClN2. The first-order valence-electron chi connectivity index (χ1n) is 6.02. The van der Waals surface area contributed by atoms with Gasteiger partial charge in [0.05, 0.1) is 0 Å². The fourth-order valence-electron chi connectivity index (χ4n) is 2.20. The van der Waals surface area contributed by atoms with Gasteiger partial charge in [-0.3, -0.25) is 0 Å². The van der Waals surface area contributed by atoms with E-state index in [1.165, 1.54) is 25.2 Å². The van der Waals surface area contributed by atoms with E-state index in [2.05, 4.69) is 28.9 Å². The highest BCUT2D eigenvalue weighted by atomic mass is 35.5. The van der Waals surface area contributed by atoms with Crippen molar-refractivity contribution < 1.29 is 0 Å². The van der Waals surface area contributed by atoms with E-state index in [9.17, 15) is 0 Å². The van der Waals surface area contributed by atoms with E-state index in [0.29, 0.717) is 0 Å². The Bertz CT molecular complexity index is 323. The molecule has 1 aromatic carbocycles. The molecule has 1 saturated heterocycles. The Balaban J connectivity index is 2.02. The van der Waals surface area contributed by atoms with Crippen molar-refractivity contribution in [2.24, 2.45) is 0 Å². The van der Waals surface area contributed by atoms with Crippen molar-refractivity contribution in [3.63, 3.8) is 0 Å². The Hall–Kier alpha value is -0.730. The molecule has 0 atom stereocenters. The van der Waals surface area contributed by atoms with Gasteiger partial charge in [-0.2, -0.15) is 0 Å². The number of nitrogens with zero attached hydrogens (tertiary/aromatic N) is 2. The topological polar surface area (TPSA) is 6.48 Å². The lowest BCUT2D eigenvalue weighted by Crippen LogP contribution is -2.30. The summed E-state index contributed by atoms with van der Waals surface area (Å²) in [7, 11) is 0. The summed E-state index contributed by atoms with van der Waals surface area (Å²) >= 11 is 5.90. The zero-order valence-corrected chi connectivity index (χ0v) is 10.6. The molecule has 3 heteroatoms. The zero-order valence-electron chi connectivity index (χ0n) is 9.82. The molecule has 0 saturated carbocycles. The van der Waals surface area contributed by atoms with Gasteiger partial charge in [-0.25, -0.2) is 0 Å². The summed E-state index contributed by atoms with van der Waals surface area (Å²) in [6, 6.07) is 8.17. The average Bonchev–Trinajstić information content (AvgIpc) is 2.55. The van der Waals surface area contributed by atoms with Crippen LogP contribution in [0.25, 0.3) is 0 Å². The summed E-state index contributed by atoms with van der Waals surface area (Å²) in [5, 5.41) is 0.814. The van der Waals surface area contributed by atoms with E-state index in [-0.39, 0.29) is 0 Å². The minimum absolute atomic E-state index is 0.814. The number of likely N-dealkylation sites (N-methyl/N-ethyl adjacent to an activating group) is 1. The second-order valence-corrected chi connectivity index (χ2v) is 4.69. The average molecular weight is 239 g/mol. The summed E-state index contributed by atoms with van der Waals surface area (Å²) in [6.07, 6.45) is 1.25. The Morgan fingerprint density at radius 3 is 2.50 bits per heavy atom. The predicted molar refractivity (Wildman–Crippen MR) is 70.4 cm³/mol.